The Morgan fingerprint density at radius 2 is 1.88 bits per heavy atom. The van der Waals surface area contributed by atoms with Gasteiger partial charge in [0.15, 0.2) is 0 Å². The highest BCUT2D eigenvalue weighted by molar-refractivity contribution is 7.89. The van der Waals surface area contributed by atoms with Crippen molar-refractivity contribution in [3.63, 3.8) is 0 Å². The van der Waals surface area contributed by atoms with Gasteiger partial charge in [0, 0.05) is 29.4 Å². The molecule has 2 aromatic heterocycles. The minimum atomic E-state index is -3.49. The zero-order valence-electron chi connectivity index (χ0n) is 14.1. The van der Waals surface area contributed by atoms with E-state index in [1.54, 1.807) is 41.9 Å². The molecule has 0 unspecified atom stereocenters. The van der Waals surface area contributed by atoms with E-state index < -0.39 is 10.0 Å². The van der Waals surface area contributed by atoms with E-state index in [-0.39, 0.29) is 0 Å². The van der Waals surface area contributed by atoms with Gasteiger partial charge in [-0.1, -0.05) is 12.1 Å². The second-order valence-electron chi connectivity index (χ2n) is 5.73. The molecule has 0 spiro atoms. The Bertz CT molecular complexity index is 967. The molecule has 0 bridgehead atoms. The lowest BCUT2D eigenvalue weighted by Crippen LogP contribution is -2.26. The lowest BCUT2D eigenvalue weighted by Gasteiger charge is -2.07. The topological polar surface area (TPSA) is 72.0 Å². The van der Waals surface area contributed by atoms with E-state index in [1.807, 2.05) is 32.0 Å². The summed E-state index contributed by atoms with van der Waals surface area (Å²) >= 11 is 1.59. The van der Waals surface area contributed by atoms with Gasteiger partial charge in [-0.05, 0) is 50.1 Å². The molecule has 1 aromatic carbocycles. The van der Waals surface area contributed by atoms with Crippen LogP contribution in [0.5, 0.6) is 0 Å². The molecular weight excluding hydrogens is 354 g/mol. The molecule has 7 heteroatoms. The van der Waals surface area contributed by atoms with Crippen LogP contribution in [-0.2, 0) is 16.4 Å². The minimum Gasteiger partial charge on any atom is -0.265 e. The van der Waals surface area contributed by atoms with Crippen LogP contribution in [0.3, 0.4) is 0 Å². The maximum atomic E-state index is 12.4. The van der Waals surface area contributed by atoms with Crippen LogP contribution in [0.1, 0.15) is 16.1 Å². The van der Waals surface area contributed by atoms with E-state index in [9.17, 15) is 8.42 Å². The van der Waals surface area contributed by atoms with Crippen molar-refractivity contribution >= 4 is 21.4 Å². The molecule has 0 atom stereocenters. The predicted molar refractivity (Wildman–Crippen MR) is 100 cm³/mol. The van der Waals surface area contributed by atoms with Gasteiger partial charge in [-0.15, -0.1) is 11.3 Å². The average molecular weight is 374 g/mol. The smallest absolute Gasteiger partial charge is 0.240 e. The van der Waals surface area contributed by atoms with Crippen molar-refractivity contribution in [3.05, 3.63) is 64.9 Å². The number of rotatable bonds is 6. The van der Waals surface area contributed by atoms with Gasteiger partial charge in [-0.25, -0.2) is 18.1 Å². The Balaban J connectivity index is 1.67. The van der Waals surface area contributed by atoms with Crippen LogP contribution in [-0.4, -0.2) is 24.9 Å². The number of aromatic nitrogens is 2. The zero-order chi connectivity index (χ0) is 17.9. The number of aryl methyl sites for hydroxylation is 2. The lowest BCUT2D eigenvalue weighted by molar-refractivity contribution is 0.581. The Labute approximate surface area is 151 Å². The van der Waals surface area contributed by atoms with Crippen molar-refractivity contribution < 1.29 is 8.42 Å². The Morgan fingerprint density at radius 1 is 1.12 bits per heavy atom. The van der Waals surface area contributed by atoms with Crippen LogP contribution in [0, 0.1) is 13.8 Å². The number of benzene rings is 1. The summed E-state index contributed by atoms with van der Waals surface area (Å²) in [6.45, 7) is 4.17. The van der Waals surface area contributed by atoms with Crippen LogP contribution in [0.25, 0.3) is 10.6 Å². The summed E-state index contributed by atoms with van der Waals surface area (Å²) in [5.41, 5.74) is 2.88. The monoisotopic (exact) mass is 373 g/mol. The van der Waals surface area contributed by atoms with Crippen molar-refractivity contribution in [3.8, 4) is 10.6 Å². The molecule has 0 fully saturated rings. The first-order valence-electron chi connectivity index (χ1n) is 7.89. The second-order valence-corrected chi connectivity index (χ2v) is 8.58. The summed E-state index contributed by atoms with van der Waals surface area (Å²) < 4.78 is 27.4. The molecule has 1 N–H and O–H groups in total. The van der Waals surface area contributed by atoms with E-state index in [4.69, 9.17) is 0 Å². The van der Waals surface area contributed by atoms with E-state index in [0.717, 1.165) is 26.7 Å². The van der Waals surface area contributed by atoms with Crippen LogP contribution in [0.15, 0.2) is 53.7 Å². The van der Waals surface area contributed by atoms with Gasteiger partial charge in [0.1, 0.15) is 5.01 Å². The SMILES string of the molecule is Cc1cccc(S(=O)(=O)NCCc2sc(-c3ccncc3)nc2C)c1. The van der Waals surface area contributed by atoms with E-state index >= 15 is 0 Å². The molecule has 130 valence electrons. The summed E-state index contributed by atoms with van der Waals surface area (Å²) in [5.74, 6) is 0. The molecule has 0 saturated carbocycles. The van der Waals surface area contributed by atoms with Crippen LogP contribution in [0.2, 0.25) is 0 Å². The summed E-state index contributed by atoms with van der Waals surface area (Å²) in [7, 11) is -3.49. The molecule has 0 radical (unpaired) electrons. The number of pyridine rings is 1. The minimum absolute atomic E-state index is 0.297. The lowest BCUT2D eigenvalue weighted by atomic mass is 10.2. The highest BCUT2D eigenvalue weighted by Gasteiger charge is 2.15. The number of nitrogens with one attached hydrogen (secondary N) is 1. The van der Waals surface area contributed by atoms with E-state index in [0.29, 0.717) is 17.9 Å². The normalized spacial score (nSPS) is 11.6. The molecule has 0 aliphatic carbocycles. The largest absolute Gasteiger partial charge is 0.265 e. The number of nitrogens with zero attached hydrogens (tertiary/aromatic N) is 2. The molecule has 0 aliphatic rings. The van der Waals surface area contributed by atoms with Crippen molar-refractivity contribution in [2.24, 2.45) is 0 Å². The second kappa shape index (κ2) is 7.43. The van der Waals surface area contributed by atoms with Gasteiger partial charge < -0.3 is 0 Å². The third-order valence-electron chi connectivity index (χ3n) is 3.76. The number of sulfonamides is 1. The van der Waals surface area contributed by atoms with Crippen molar-refractivity contribution in [2.45, 2.75) is 25.2 Å². The van der Waals surface area contributed by atoms with Gasteiger partial charge in [-0.3, -0.25) is 4.98 Å². The maximum Gasteiger partial charge on any atom is 0.240 e. The third-order valence-corrected chi connectivity index (χ3v) is 6.49. The summed E-state index contributed by atoms with van der Waals surface area (Å²) in [6, 6.07) is 10.7. The molecule has 5 nitrogen and oxygen atoms in total. The number of hydrogen-bond donors (Lipinski definition) is 1. The van der Waals surface area contributed by atoms with Crippen LogP contribution >= 0.6 is 11.3 Å². The van der Waals surface area contributed by atoms with Gasteiger partial charge in [0.2, 0.25) is 10.0 Å². The summed E-state index contributed by atoms with van der Waals surface area (Å²) in [5, 5.41) is 0.927. The molecule has 0 aliphatic heterocycles. The fourth-order valence-electron chi connectivity index (χ4n) is 2.44. The van der Waals surface area contributed by atoms with Gasteiger partial charge >= 0.3 is 0 Å². The van der Waals surface area contributed by atoms with Crippen molar-refractivity contribution in [1.29, 1.82) is 0 Å². The first-order chi connectivity index (χ1) is 12.0. The Morgan fingerprint density at radius 3 is 2.60 bits per heavy atom. The molecular formula is C18H19N3O2S2. The first kappa shape index (κ1) is 17.7. The maximum absolute atomic E-state index is 12.4. The molecule has 0 saturated heterocycles. The highest BCUT2D eigenvalue weighted by Crippen LogP contribution is 2.27. The third kappa shape index (κ3) is 4.31. The number of thiazole rings is 1. The molecule has 3 rings (SSSR count). The quantitative estimate of drug-likeness (QED) is 0.719. The molecule has 25 heavy (non-hydrogen) atoms. The molecule has 2 heterocycles. The zero-order valence-corrected chi connectivity index (χ0v) is 15.7. The van der Waals surface area contributed by atoms with Crippen molar-refractivity contribution in [2.75, 3.05) is 6.54 Å². The van der Waals surface area contributed by atoms with Crippen molar-refractivity contribution in [1.82, 2.24) is 14.7 Å². The standard InChI is InChI=1S/C18H19N3O2S2/c1-13-4-3-5-16(12-13)25(22,23)20-11-8-17-14(2)21-18(24-17)15-6-9-19-10-7-15/h3-7,9-10,12,20H,8,11H2,1-2H3. The Kier molecular flexibility index (Phi) is 5.27. The Hall–Kier alpha value is -2.09. The molecule has 3 aromatic rings. The molecule has 0 amide bonds. The predicted octanol–water partition coefficient (Wildman–Crippen LogP) is 3.34. The summed E-state index contributed by atoms with van der Waals surface area (Å²) in [6.07, 6.45) is 4.09. The summed E-state index contributed by atoms with van der Waals surface area (Å²) in [4.78, 5) is 9.97. The first-order valence-corrected chi connectivity index (χ1v) is 10.2. The van der Waals surface area contributed by atoms with E-state index in [2.05, 4.69) is 14.7 Å². The fourth-order valence-corrected chi connectivity index (χ4v) is 4.65. The van der Waals surface area contributed by atoms with Crippen LogP contribution in [0.4, 0.5) is 0 Å². The highest BCUT2D eigenvalue weighted by atomic mass is 32.2. The van der Waals surface area contributed by atoms with Crippen LogP contribution < -0.4 is 4.72 Å². The van der Waals surface area contributed by atoms with Gasteiger partial charge in [0.05, 0.1) is 10.6 Å². The fraction of sp³-hybridized carbons (Fsp3) is 0.222. The average Bonchev–Trinajstić information content (AvgIpc) is 2.97. The van der Waals surface area contributed by atoms with Gasteiger partial charge in [0.25, 0.3) is 0 Å². The van der Waals surface area contributed by atoms with Gasteiger partial charge in [-0.2, -0.15) is 0 Å². The van der Waals surface area contributed by atoms with E-state index in [1.165, 1.54) is 0 Å². The number of hydrogen-bond acceptors (Lipinski definition) is 5.